The molecule has 32 heavy (non-hydrogen) atoms. The minimum atomic E-state index is -1.60. The van der Waals surface area contributed by atoms with E-state index >= 15 is 0 Å². The summed E-state index contributed by atoms with van der Waals surface area (Å²) in [5.41, 5.74) is 0.755. The lowest BCUT2D eigenvalue weighted by Crippen LogP contribution is -2.42. The first kappa shape index (κ1) is 23.1. The number of carbonyl (C=O) groups excluding carboxylic acids is 1. The van der Waals surface area contributed by atoms with Gasteiger partial charge in [-0.25, -0.2) is 19.3 Å². The van der Waals surface area contributed by atoms with E-state index in [4.69, 9.17) is 4.74 Å². The SMILES string of the molecule is CCNc1cc(Nc2ccc3ncnc(OC)c3c2)ncc1C(=O)NC[C@@H](F)C(C)(C)O. The molecule has 0 radical (unpaired) electrons. The summed E-state index contributed by atoms with van der Waals surface area (Å²) in [5, 5.41) is 19.3. The van der Waals surface area contributed by atoms with Gasteiger partial charge in [-0.3, -0.25) is 4.79 Å². The van der Waals surface area contributed by atoms with Crippen LogP contribution >= 0.6 is 0 Å². The molecule has 9 nitrogen and oxygen atoms in total. The maximum Gasteiger partial charge on any atom is 0.255 e. The Morgan fingerprint density at radius 2 is 2.03 bits per heavy atom. The van der Waals surface area contributed by atoms with Gasteiger partial charge in [-0.15, -0.1) is 0 Å². The molecule has 0 bridgehead atoms. The third kappa shape index (κ3) is 5.38. The summed E-state index contributed by atoms with van der Waals surface area (Å²) in [6.07, 6.45) is 1.25. The first-order chi connectivity index (χ1) is 15.2. The second kappa shape index (κ2) is 9.73. The maximum atomic E-state index is 14.0. The van der Waals surface area contributed by atoms with Crippen LogP contribution in [0.1, 0.15) is 31.1 Å². The highest BCUT2D eigenvalue weighted by Gasteiger charge is 2.27. The summed E-state index contributed by atoms with van der Waals surface area (Å²) < 4.78 is 19.3. The third-order valence-electron chi connectivity index (χ3n) is 4.79. The number of fused-ring (bicyclic) bond motifs is 1. The van der Waals surface area contributed by atoms with E-state index in [-0.39, 0.29) is 12.1 Å². The van der Waals surface area contributed by atoms with Crippen LogP contribution in [-0.2, 0) is 0 Å². The zero-order valence-electron chi connectivity index (χ0n) is 18.4. The molecule has 0 spiro atoms. The van der Waals surface area contributed by atoms with Crippen LogP contribution < -0.4 is 20.7 Å². The van der Waals surface area contributed by atoms with Gasteiger partial charge in [-0.05, 0) is 39.0 Å². The van der Waals surface area contributed by atoms with E-state index in [9.17, 15) is 14.3 Å². The Labute approximate surface area is 185 Å². The molecule has 3 aromatic rings. The Kier molecular flexibility index (Phi) is 7.04. The van der Waals surface area contributed by atoms with Crippen LogP contribution in [0.2, 0.25) is 0 Å². The molecule has 0 aliphatic heterocycles. The molecule has 1 amide bonds. The summed E-state index contributed by atoms with van der Waals surface area (Å²) in [6.45, 7) is 4.87. The van der Waals surface area contributed by atoms with Crippen molar-refractivity contribution < 1.29 is 19.0 Å². The second-order valence-corrected chi connectivity index (χ2v) is 7.72. The fraction of sp³-hybridized carbons (Fsp3) is 0.364. The number of pyridine rings is 1. The molecule has 0 unspecified atom stereocenters. The van der Waals surface area contributed by atoms with Crippen molar-refractivity contribution in [3.8, 4) is 5.88 Å². The predicted octanol–water partition coefficient (Wildman–Crippen LogP) is 3.05. The van der Waals surface area contributed by atoms with E-state index in [2.05, 4.69) is 30.9 Å². The van der Waals surface area contributed by atoms with Gasteiger partial charge in [0.15, 0.2) is 0 Å². The second-order valence-electron chi connectivity index (χ2n) is 7.72. The highest BCUT2D eigenvalue weighted by Crippen LogP contribution is 2.27. The zero-order chi connectivity index (χ0) is 23.3. The number of alkyl halides is 1. The minimum absolute atomic E-state index is 0.272. The lowest BCUT2D eigenvalue weighted by Gasteiger charge is -2.22. The van der Waals surface area contributed by atoms with Gasteiger partial charge in [-0.1, -0.05) is 0 Å². The first-order valence-electron chi connectivity index (χ1n) is 10.2. The summed E-state index contributed by atoms with van der Waals surface area (Å²) >= 11 is 0. The normalized spacial score (nSPS) is 12.3. The van der Waals surface area contributed by atoms with E-state index in [0.717, 1.165) is 16.6 Å². The number of ether oxygens (including phenoxy) is 1. The van der Waals surface area contributed by atoms with Gasteiger partial charge in [0.25, 0.3) is 5.91 Å². The fourth-order valence-electron chi connectivity index (χ4n) is 2.99. The summed E-state index contributed by atoms with van der Waals surface area (Å²) in [4.78, 5) is 25.2. The van der Waals surface area contributed by atoms with Crippen molar-refractivity contribution in [1.82, 2.24) is 20.3 Å². The minimum Gasteiger partial charge on any atom is -0.480 e. The zero-order valence-corrected chi connectivity index (χ0v) is 18.4. The van der Waals surface area contributed by atoms with E-state index in [1.165, 1.54) is 26.4 Å². The number of rotatable bonds is 9. The van der Waals surface area contributed by atoms with Crippen LogP contribution in [0, 0.1) is 0 Å². The molecule has 10 heteroatoms. The Balaban J connectivity index is 1.81. The molecular weight excluding hydrogens is 415 g/mol. The molecule has 0 saturated carbocycles. The molecule has 1 aromatic carbocycles. The number of halogens is 1. The molecule has 0 aliphatic rings. The summed E-state index contributed by atoms with van der Waals surface area (Å²) in [5.74, 6) is 0.483. The van der Waals surface area contributed by atoms with E-state index in [1.54, 1.807) is 13.2 Å². The summed E-state index contributed by atoms with van der Waals surface area (Å²) in [6, 6.07) is 7.23. The van der Waals surface area contributed by atoms with Crippen molar-refractivity contribution in [2.45, 2.75) is 32.5 Å². The van der Waals surface area contributed by atoms with Gasteiger partial charge in [0.05, 0.1) is 41.4 Å². The average molecular weight is 442 g/mol. The van der Waals surface area contributed by atoms with Gasteiger partial charge < -0.3 is 25.8 Å². The molecule has 2 heterocycles. The number of aromatic nitrogens is 3. The van der Waals surface area contributed by atoms with E-state index in [1.807, 2.05) is 25.1 Å². The third-order valence-corrected chi connectivity index (χ3v) is 4.79. The Hall–Kier alpha value is -3.53. The monoisotopic (exact) mass is 442 g/mol. The largest absolute Gasteiger partial charge is 0.480 e. The fourth-order valence-corrected chi connectivity index (χ4v) is 2.99. The molecule has 0 fully saturated rings. The lowest BCUT2D eigenvalue weighted by atomic mass is 10.0. The number of nitrogens with one attached hydrogen (secondary N) is 3. The number of amides is 1. The number of anilines is 3. The number of hydrogen-bond acceptors (Lipinski definition) is 8. The van der Waals surface area contributed by atoms with Gasteiger partial charge in [-0.2, -0.15) is 0 Å². The van der Waals surface area contributed by atoms with Crippen molar-refractivity contribution in [3.05, 3.63) is 42.4 Å². The standard InChI is InChI=1S/C22H27FN6O3/c1-5-24-17-9-19(25-10-15(17)20(30)26-11-18(23)22(2,3)31)29-13-6-7-16-14(8-13)21(32-4)28-12-27-16/h6-10,12,18,31H,5,11H2,1-4H3,(H,26,30)(H2,24,25,29)/t18-/m1/s1. The number of carbonyl (C=O) groups is 1. The van der Waals surface area contributed by atoms with Gasteiger partial charge in [0, 0.05) is 24.5 Å². The number of nitrogens with zero attached hydrogens (tertiary/aromatic N) is 3. The Morgan fingerprint density at radius 3 is 2.72 bits per heavy atom. The van der Waals surface area contributed by atoms with Crippen LogP contribution in [0.4, 0.5) is 21.6 Å². The van der Waals surface area contributed by atoms with Crippen LogP contribution in [0.5, 0.6) is 5.88 Å². The predicted molar refractivity (Wildman–Crippen MR) is 121 cm³/mol. The van der Waals surface area contributed by atoms with Crippen molar-refractivity contribution in [2.75, 3.05) is 30.8 Å². The van der Waals surface area contributed by atoms with Crippen molar-refractivity contribution in [1.29, 1.82) is 0 Å². The highest BCUT2D eigenvalue weighted by atomic mass is 19.1. The van der Waals surface area contributed by atoms with Gasteiger partial charge in [0.2, 0.25) is 5.88 Å². The molecule has 0 saturated heterocycles. The topological polar surface area (TPSA) is 121 Å². The van der Waals surface area contributed by atoms with Crippen LogP contribution in [0.25, 0.3) is 10.9 Å². The number of benzene rings is 1. The number of hydrogen-bond donors (Lipinski definition) is 4. The lowest BCUT2D eigenvalue weighted by molar-refractivity contribution is -0.00177. The quantitative estimate of drug-likeness (QED) is 0.399. The van der Waals surface area contributed by atoms with Gasteiger partial charge in [0.1, 0.15) is 18.3 Å². The molecule has 0 aliphatic carbocycles. The summed E-state index contributed by atoms with van der Waals surface area (Å²) in [7, 11) is 1.54. The van der Waals surface area contributed by atoms with Gasteiger partial charge >= 0.3 is 0 Å². The number of aliphatic hydroxyl groups is 1. The molecule has 2 aromatic heterocycles. The van der Waals surface area contributed by atoms with Crippen molar-refractivity contribution in [2.24, 2.45) is 0 Å². The molecule has 1 atom stereocenters. The molecule has 170 valence electrons. The van der Waals surface area contributed by atoms with Crippen LogP contribution in [-0.4, -0.2) is 57.9 Å². The van der Waals surface area contributed by atoms with E-state index < -0.39 is 17.7 Å². The van der Waals surface area contributed by atoms with Crippen LogP contribution in [0.15, 0.2) is 36.8 Å². The Bertz CT molecular complexity index is 1100. The molecule has 3 rings (SSSR count). The van der Waals surface area contributed by atoms with E-state index in [0.29, 0.717) is 23.9 Å². The average Bonchev–Trinajstić information content (AvgIpc) is 2.76. The molecular formula is C22H27FN6O3. The Morgan fingerprint density at radius 1 is 1.25 bits per heavy atom. The highest BCUT2D eigenvalue weighted by molar-refractivity contribution is 6.00. The first-order valence-corrected chi connectivity index (χ1v) is 10.2. The van der Waals surface area contributed by atoms with Crippen molar-refractivity contribution in [3.63, 3.8) is 0 Å². The molecule has 4 N–H and O–H groups in total. The smallest absolute Gasteiger partial charge is 0.255 e. The maximum absolute atomic E-state index is 14.0. The van der Waals surface area contributed by atoms with Crippen LogP contribution in [0.3, 0.4) is 0 Å². The van der Waals surface area contributed by atoms with Crippen molar-refractivity contribution >= 4 is 34.0 Å². The number of methoxy groups -OCH3 is 1.